The van der Waals surface area contributed by atoms with Gasteiger partial charge in [0.05, 0.1) is 22.8 Å². The van der Waals surface area contributed by atoms with Gasteiger partial charge >= 0.3 is 0 Å². The number of aromatic amines is 1. The number of rotatable bonds is 6. The number of likely N-dealkylation sites (tertiary alicyclic amines) is 1. The molecule has 34 heavy (non-hydrogen) atoms. The molecule has 0 radical (unpaired) electrons. The number of nitrogens with zero attached hydrogens (tertiary/aromatic N) is 5. The Kier molecular flexibility index (Phi) is 6.66. The summed E-state index contributed by atoms with van der Waals surface area (Å²) in [6.45, 7) is 9.09. The van der Waals surface area contributed by atoms with E-state index in [0.29, 0.717) is 41.0 Å². The number of aryl methyl sites for hydroxylation is 1. The molecule has 0 aliphatic carbocycles. The number of nitrogens with one attached hydrogen (secondary N) is 1. The Morgan fingerprint density at radius 1 is 1.29 bits per heavy atom. The monoisotopic (exact) mass is 458 g/mol. The molecule has 1 unspecified atom stereocenters. The fourth-order valence-corrected chi connectivity index (χ4v) is 4.58. The third kappa shape index (κ3) is 4.66. The number of hydrogen-bond acceptors (Lipinski definition) is 5. The average molecular weight is 459 g/mol. The fraction of sp³-hybridized carbons (Fsp3) is 0.385. The number of H-pyrrole nitrogens is 1. The summed E-state index contributed by atoms with van der Waals surface area (Å²) in [5.74, 6) is 0.810. The number of carbonyl (C=O) groups is 1. The van der Waals surface area contributed by atoms with Crippen LogP contribution in [0, 0.1) is 24.2 Å². The van der Waals surface area contributed by atoms with Crippen molar-refractivity contribution in [2.75, 3.05) is 26.7 Å². The molecule has 2 aromatic heterocycles. The van der Waals surface area contributed by atoms with Crippen LogP contribution in [0.5, 0.6) is 0 Å². The molecule has 1 amide bonds. The number of pyridine rings is 1. The standard InChI is InChI=1S/C26H30N6O2/c1-17(2)31-10-9-20(16-31)15-30(4)25(33)21-6-8-24(28-13-21)32-26(34)23(14-29-32)22-7-5-19(12-27)11-18(22)3/h5-8,11,13-14,17,20,29H,9-10,15-16H2,1-4H3. The van der Waals surface area contributed by atoms with Gasteiger partial charge in [0.2, 0.25) is 0 Å². The highest BCUT2D eigenvalue weighted by atomic mass is 16.2. The Balaban J connectivity index is 1.47. The van der Waals surface area contributed by atoms with E-state index in [-0.39, 0.29) is 11.5 Å². The van der Waals surface area contributed by atoms with Gasteiger partial charge in [0.15, 0.2) is 5.82 Å². The SMILES string of the molecule is Cc1cc(C#N)ccc1-c1c[nH]n(-c2ccc(C(=O)N(C)CC3CCN(C(C)C)C3)cn2)c1=O. The molecule has 3 aromatic rings. The molecule has 1 aliphatic rings. The van der Waals surface area contributed by atoms with Crippen LogP contribution in [0.15, 0.2) is 47.5 Å². The smallest absolute Gasteiger partial charge is 0.280 e. The summed E-state index contributed by atoms with van der Waals surface area (Å²) in [6, 6.07) is 11.2. The van der Waals surface area contributed by atoms with E-state index in [1.807, 2.05) is 14.0 Å². The number of aromatic nitrogens is 3. The molecule has 0 bridgehead atoms. The van der Waals surface area contributed by atoms with Crippen LogP contribution < -0.4 is 5.56 Å². The van der Waals surface area contributed by atoms with E-state index in [1.54, 1.807) is 41.4 Å². The second-order valence-electron chi connectivity index (χ2n) is 9.30. The summed E-state index contributed by atoms with van der Waals surface area (Å²) < 4.78 is 1.35. The van der Waals surface area contributed by atoms with Crippen LogP contribution in [-0.4, -0.2) is 63.2 Å². The van der Waals surface area contributed by atoms with Crippen molar-refractivity contribution in [1.82, 2.24) is 24.6 Å². The topological polar surface area (TPSA) is 98.0 Å². The molecule has 1 aliphatic heterocycles. The minimum Gasteiger partial charge on any atom is -0.341 e. The second-order valence-corrected chi connectivity index (χ2v) is 9.30. The van der Waals surface area contributed by atoms with Gasteiger partial charge in [-0.2, -0.15) is 5.26 Å². The molecular formula is C26H30N6O2. The lowest BCUT2D eigenvalue weighted by Gasteiger charge is -2.23. The summed E-state index contributed by atoms with van der Waals surface area (Å²) >= 11 is 0. The second kappa shape index (κ2) is 9.65. The maximum Gasteiger partial charge on any atom is 0.280 e. The van der Waals surface area contributed by atoms with Crippen LogP contribution in [0.3, 0.4) is 0 Å². The molecule has 1 atom stereocenters. The Bertz CT molecular complexity index is 1280. The largest absolute Gasteiger partial charge is 0.341 e. The van der Waals surface area contributed by atoms with Gasteiger partial charge in [-0.25, -0.2) is 9.67 Å². The molecule has 8 nitrogen and oxygen atoms in total. The van der Waals surface area contributed by atoms with Crippen molar-refractivity contribution >= 4 is 5.91 Å². The highest BCUT2D eigenvalue weighted by Crippen LogP contribution is 2.22. The van der Waals surface area contributed by atoms with Gasteiger partial charge in [-0.15, -0.1) is 0 Å². The normalized spacial score (nSPS) is 16.1. The highest BCUT2D eigenvalue weighted by Gasteiger charge is 2.26. The first-order valence-electron chi connectivity index (χ1n) is 11.6. The fourth-order valence-electron chi connectivity index (χ4n) is 4.58. The van der Waals surface area contributed by atoms with E-state index in [1.165, 1.54) is 10.9 Å². The lowest BCUT2D eigenvalue weighted by Crippen LogP contribution is -2.34. The number of carbonyl (C=O) groups excluding carboxylic acids is 1. The zero-order chi connectivity index (χ0) is 24.4. The Morgan fingerprint density at radius 2 is 2.09 bits per heavy atom. The molecule has 1 N–H and O–H groups in total. The summed E-state index contributed by atoms with van der Waals surface area (Å²) in [4.78, 5) is 34.5. The van der Waals surface area contributed by atoms with Crippen molar-refractivity contribution in [3.8, 4) is 23.0 Å². The number of benzene rings is 1. The summed E-state index contributed by atoms with van der Waals surface area (Å²) in [5.41, 5.74) is 2.90. The molecule has 1 aromatic carbocycles. The lowest BCUT2D eigenvalue weighted by molar-refractivity contribution is 0.0772. The van der Waals surface area contributed by atoms with Crippen molar-refractivity contribution in [1.29, 1.82) is 5.26 Å². The van der Waals surface area contributed by atoms with Crippen molar-refractivity contribution in [2.24, 2.45) is 5.92 Å². The predicted octanol–water partition coefficient (Wildman–Crippen LogP) is 3.21. The van der Waals surface area contributed by atoms with Crippen molar-refractivity contribution in [3.63, 3.8) is 0 Å². The molecule has 0 spiro atoms. The zero-order valence-electron chi connectivity index (χ0n) is 20.1. The van der Waals surface area contributed by atoms with E-state index >= 15 is 0 Å². The third-order valence-electron chi connectivity index (χ3n) is 6.57. The van der Waals surface area contributed by atoms with Gasteiger partial charge in [-0.3, -0.25) is 14.7 Å². The molecule has 3 heterocycles. The van der Waals surface area contributed by atoms with Crippen LogP contribution in [-0.2, 0) is 0 Å². The number of amides is 1. The Hall–Kier alpha value is -3.70. The average Bonchev–Trinajstić information content (AvgIpc) is 3.45. The molecule has 1 saturated heterocycles. The third-order valence-corrected chi connectivity index (χ3v) is 6.57. The van der Waals surface area contributed by atoms with Crippen LogP contribution >= 0.6 is 0 Å². The predicted molar refractivity (Wildman–Crippen MR) is 131 cm³/mol. The van der Waals surface area contributed by atoms with E-state index in [0.717, 1.165) is 30.6 Å². The molecular weight excluding hydrogens is 428 g/mol. The van der Waals surface area contributed by atoms with Gasteiger partial charge in [0.1, 0.15) is 0 Å². The summed E-state index contributed by atoms with van der Waals surface area (Å²) in [5, 5.41) is 12.0. The summed E-state index contributed by atoms with van der Waals surface area (Å²) in [6.07, 6.45) is 4.25. The van der Waals surface area contributed by atoms with Crippen LogP contribution in [0.4, 0.5) is 0 Å². The van der Waals surface area contributed by atoms with E-state index in [4.69, 9.17) is 5.26 Å². The quantitative estimate of drug-likeness (QED) is 0.612. The van der Waals surface area contributed by atoms with Crippen LogP contribution in [0.1, 0.15) is 41.8 Å². The number of hydrogen-bond donors (Lipinski definition) is 1. The number of nitriles is 1. The molecule has 8 heteroatoms. The maximum atomic E-state index is 13.0. The Labute approximate surface area is 199 Å². The lowest BCUT2D eigenvalue weighted by atomic mass is 10.0. The van der Waals surface area contributed by atoms with Crippen LogP contribution in [0.2, 0.25) is 0 Å². The van der Waals surface area contributed by atoms with E-state index in [9.17, 15) is 9.59 Å². The van der Waals surface area contributed by atoms with Gasteiger partial charge < -0.3 is 9.80 Å². The van der Waals surface area contributed by atoms with E-state index < -0.39 is 0 Å². The first-order valence-corrected chi connectivity index (χ1v) is 11.6. The Morgan fingerprint density at radius 3 is 2.71 bits per heavy atom. The van der Waals surface area contributed by atoms with Crippen molar-refractivity contribution in [3.05, 3.63) is 69.8 Å². The molecule has 0 saturated carbocycles. The van der Waals surface area contributed by atoms with E-state index in [2.05, 4.69) is 34.9 Å². The summed E-state index contributed by atoms with van der Waals surface area (Å²) in [7, 11) is 1.83. The zero-order valence-corrected chi connectivity index (χ0v) is 20.1. The first kappa shape index (κ1) is 23.5. The molecule has 176 valence electrons. The first-order chi connectivity index (χ1) is 16.3. The molecule has 1 fully saturated rings. The minimum absolute atomic E-state index is 0.0743. The van der Waals surface area contributed by atoms with Gasteiger partial charge in [0, 0.05) is 38.6 Å². The minimum atomic E-state index is -0.243. The van der Waals surface area contributed by atoms with Gasteiger partial charge in [-0.05, 0) is 75.0 Å². The van der Waals surface area contributed by atoms with Crippen molar-refractivity contribution in [2.45, 2.75) is 33.2 Å². The van der Waals surface area contributed by atoms with Crippen molar-refractivity contribution < 1.29 is 4.79 Å². The van der Waals surface area contributed by atoms with Gasteiger partial charge in [-0.1, -0.05) is 6.07 Å². The van der Waals surface area contributed by atoms with Gasteiger partial charge in [0.25, 0.3) is 11.5 Å². The van der Waals surface area contributed by atoms with Crippen LogP contribution in [0.25, 0.3) is 16.9 Å². The highest BCUT2D eigenvalue weighted by molar-refractivity contribution is 5.93. The maximum absolute atomic E-state index is 13.0. The molecule has 4 rings (SSSR count).